The van der Waals surface area contributed by atoms with E-state index in [1.54, 1.807) is 48.5 Å². The van der Waals surface area contributed by atoms with E-state index in [-0.39, 0.29) is 24.6 Å². The lowest BCUT2D eigenvalue weighted by molar-refractivity contribution is 0.515. The van der Waals surface area contributed by atoms with Crippen LogP contribution in [0.3, 0.4) is 0 Å². The summed E-state index contributed by atoms with van der Waals surface area (Å²) in [6.45, 7) is 4.21. The lowest BCUT2D eigenvalue weighted by Crippen LogP contribution is -2.35. The fourth-order valence-corrected chi connectivity index (χ4v) is 7.55. The first-order valence-corrected chi connectivity index (χ1v) is 13.5. The van der Waals surface area contributed by atoms with Gasteiger partial charge < -0.3 is 0 Å². The molecule has 0 unspecified atom stereocenters. The van der Waals surface area contributed by atoms with Crippen molar-refractivity contribution in [3.8, 4) is 0 Å². The Balaban J connectivity index is 2.23. The van der Waals surface area contributed by atoms with Crippen molar-refractivity contribution in [3.05, 3.63) is 71.8 Å². The topological polar surface area (TPSA) is 74.8 Å². The highest BCUT2D eigenvalue weighted by Gasteiger charge is 2.31. The number of hydrogen-bond acceptors (Lipinski definition) is 5. The third-order valence-corrected chi connectivity index (χ3v) is 9.49. The summed E-state index contributed by atoms with van der Waals surface area (Å²) in [4.78, 5) is 0. The van der Waals surface area contributed by atoms with Gasteiger partial charge in [-0.25, -0.2) is 16.8 Å². The molecule has 0 atom stereocenters. The highest BCUT2D eigenvalue weighted by atomic mass is 32.3. The zero-order valence-corrected chi connectivity index (χ0v) is 19.2. The Morgan fingerprint density at radius 3 is 1.31 bits per heavy atom. The van der Waals surface area contributed by atoms with Crippen molar-refractivity contribution in [2.75, 3.05) is 13.1 Å². The standard InChI is InChI=1S/C20H28N2O4S3/c1-3-15-21(28(23,24)17-19-11-7-5-8-12-19)27-22(16-4-2)29(25,26)18-20-13-9-6-10-14-20/h5-14H,3-4,15-18H2,1-2H3. The molecule has 0 bridgehead atoms. The Morgan fingerprint density at radius 2 is 1.00 bits per heavy atom. The molecule has 0 spiro atoms. The van der Waals surface area contributed by atoms with Crippen LogP contribution >= 0.6 is 12.1 Å². The minimum atomic E-state index is -3.69. The Labute approximate surface area is 179 Å². The second-order valence-corrected chi connectivity index (χ2v) is 11.9. The first-order valence-electron chi connectivity index (χ1n) is 9.55. The quantitative estimate of drug-likeness (QED) is 0.451. The van der Waals surface area contributed by atoms with E-state index in [2.05, 4.69) is 0 Å². The molecule has 0 aliphatic rings. The second-order valence-electron chi connectivity index (χ2n) is 6.62. The smallest absolute Gasteiger partial charge is 0.211 e. The number of hydrogen-bond donors (Lipinski definition) is 0. The predicted octanol–water partition coefficient (Wildman–Crippen LogP) is 4.03. The van der Waals surface area contributed by atoms with Crippen molar-refractivity contribution >= 4 is 32.2 Å². The van der Waals surface area contributed by atoms with Gasteiger partial charge in [-0.05, 0) is 24.0 Å². The van der Waals surface area contributed by atoms with Crippen LogP contribution in [0.4, 0.5) is 0 Å². The summed E-state index contributed by atoms with van der Waals surface area (Å²) in [5, 5.41) is 0. The predicted molar refractivity (Wildman–Crippen MR) is 120 cm³/mol. The van der Waals surface area contributed by atoms with E-state index in [0.717, 1.165) is 12.1 Å². The van der Waals surface area contributed by atoms with Crippen molar-refractivity contribution in [2.45, 2.75) is 38.2 Å². The van der Waals surface area contributed by atoms with Crippen molar-refractivity contribution < 1.29 is 16.8 Å². The molecule has 0 aromatic heterocycles. The molecule has 9 heteroatoms. The van der Waals surface area contributed by atoms with Gasteiger partial charge in [-0.2, -0.15) is 0 Å². The summed E-state index contributed by atoms with van der Waals surface area (Å²) in [5.74, 6) is -0.334. The molecule has 0 saturated carbocycles. The van der Waals surface area contributed by atoms with E-state index in [4.69, 9.17) is 0 Å². The van der Waals surface area contributed by atoms with Gasteiger partial charge in [0, 0.05) is 25.2 Å². The normalized spacial score (nSPS) is 12.6. The van der Waals surface area contributed by atoms with Crippen LogP contribution in [-0.4, -0.2) is 37.3 Å². The summed E-state index contributed by atoms with van der Waals surface area (Å²) >= 11 is 0.782. The maximum atomic E-state index is 13.0. The molecule has 0 amide bonds. The fraction of sp³-hybridized carbons (Fsp3) is 0.400. The van der Waals surface area contributed by atoms with E-state index in [1.165, 1.54) is 7.42 Å². The van der Waals surface area contributed by atoms with Gasteiger partial charge in [-0.15, -0.1) is 7.42 Å². The molecule has 0 aliphatic carbocycles. The summed E-state index contributed by atoms with van der Waals surface area (Å²) in [6, 6.07) is 17.8. The second kappa shape index (κ2) is 11.1. The van der Waals surface area contributed by atoms with Crippen molar-refractivity contribution in [1.82, 2.24) is 7.42 Å². The van der Waals surface area contributed by atoms with Crippen LogP contribution in [0.2, 0.25) is 0 Å². The van der Waals surface area contributed by atoms with E-state index < -0.39 is 20.0 Å². The molecule has 0 fully saturated rings. The molecule has 0 radical (unpaired) electrons. The highest BCUT2D eigenvalue weighted by molar-refractivity contribution is 8.12. The Kier molecular flexibility index (Phi) is 9.16. The molecule has 2 aromatic carbocycles. The molecule has 0 saturated heterocycles. The van der Waals surface area contributed by atoms with Crippen LogP contribution in [-0.2, 0) is 31.6 Å². The van der Waals surface area contributed by atoms with Crippen LogP contribution in [0.5, 0.6) is 0 Å². The van der Waals surface area contributed by atoms with Gasteiger partial charge in [-0.3, -0.25) is 0 Å². The van der Waals surface area contributed by atoms with E-state index in [9.17, 15) is 16.8 Å². The third-order valence-electron chi connectivity index (χ3n) is 4.00. The van der Waals surface area contributed by atoms with Crippen LogP contribution < -0.4 is 0 Å². The SMILES string of the molecule is CCCN(SN(CCC)S(=O)(=O)Cc1ccccc1)S(=O)(=O)Cc1ccccc1. The molecule has 29 heavy (non-hydrogen) atoms. The van der Waals surface area contributed by atoms with Crippen LogP contribution in [0, 0.1) is 0 Å². The molecule has 6 nitrogen and oxygen atoms in total. The van der Waals surface area contributed by atoms with Crippen molar-refractivity contribution in [3.63, 3.8) is 0 Å². The maximum Gasteiger partial charge on any atom is 0.228 e. The highest BCUT2D eigenvalue weighted by Crippen LogP contribution is 2.28. The van der Waals surface area contributed by atoms with E-state index in [1.807, 2.05) is 26.0 Å². The maximum absolute atomic E-state index is 13.0. The zero-order valence-electron chi connectivity index (χ0n) is 16.8. The Hall–Kier alpha value is -1.39. The molecular formula is C20H28N2O4S3. The van der Waals surface area contributed by atoms with Crippen molar-refractivity contribution in [2.24, 2.45) is 0 Å². The van der Waals surface area contributed by atoms with Gasteiger partial charge in [-0.1, -0.05) is 74.5 Å². The first kappa shape index (κ1) is 23.9. The van der Waals surface area contributed by atoms with Crippen molar-refractivity contribution in [1.29, 1.82) is 0 Å². The fourth-order valence-electron chi connectivity index (χ4n) is 2.64. The van der Waals surface area contributed by atoms with E-state index in [0.29, 0.717) is 24.0 Å². The third kappa shape index (κ3) is 7.42. The molecule has 0 aliphatic heterocycles. The van der Waals surface area contributed by atoms with Gasteiger partial charge >= 0.3 is 0 Å². The summed E-state index contributed by atoms with van der Waals surface area (Å²) < 4.78 is 54.4. The Morgan fingerprint density at radius 1 is 0.655 bits per heavy atom. The lowest BCUT2D eigenvalue weighted by atomic mass is 10.2. The number of benzene rings is 2. The largest absolute Gasteiger partial charge is 0.228 e. The van der Waals surface area contributed by atoms with Gasteiger partial charge in [0.15, 0.2) is 0 Å². The molecular weight excluding hydrogens is 428 g/mol. The minimum absolute atomic E-state index is 0.167. The summed E-state index contributed by atoms with van der Waals surface area (Å²) in [6.07, 6.45) is 1.17. The number of sulfonamides is 2. The van der Waals surface area contributed by atoms with Gasteiger partial charge in [0.1, 0.15) is 0 Å². The lowest BCUT2D eigenvalue weighted by Gasteiger charge is -2.27. The zero-order chi connectivity index (χ0) is 21.3. The van der Waals surface area contributed by atoms with Crippen LogP contribution in [0.15, 0.2) is 60.7 Å². The minimum Gasteiger partial charge on any atom is -0.211 e. The number of nitrogens with zero attached hydrogens (tertiary/aromatic N) is 2. The number of rotatable bonds is 12. The summed E-state index contributed by atoms with van der Waals surface area (Å²) in [7, 11) is -7.39. The molecule has 2 rings (SSSR count). The average molecular weight is 457 g/mol. The average Bonchev–Trinajstić information content (AvgIpc) is 2.68. The molecule has 2 aromatic rings. The van der Waals surface area contributed by atoms with Gasteiger partial charge in [0.25, 0.3) is 0 Å². The van der Waals surface area contributed by atoms with Gasteiger partial charge in [0.2, 0.25) is 20.0 Å². The van der Waals surface area contributed by atoms with Gasteiger partial charge in [0.05, 0.1) is 11.5 Å². The van der Waals surface area contributed by atoms with Crippen LogP contribution in [0.1, 0.15) is 37.8 Å². The van der Waals surface area contributed by atoms with Crippen LogP contribution in [0.25, 0.3) is 0 Å². The molecule has 0 N–H and O–H groups in total. The molecule has 0 heterocycles. The molecule has 160 valence electrons. The van der Waals surface area contributed by atoms with E-state index >= 15 is 0 Å². The summed E-state index contributed by atoms with van der Waals surface area (Å²) in [5.41, 5.74) is 1.34. The first-order chi connectivity index (χ1) is 13.8. The monoisotopic (exact) mass is 456 g/mol. The Bertz CT molecular complexity index is 870.